The lowest BCUT2D eigenvalue weighted by Crippen LogP contribution is -2.34. The number of para-hydroxylation sites is 1. The van der Waals surface area contributed by atoms with Crippen molar-refractivity contribution in [1.29, 1.82) is 0 Å². The molecular weight excluding hydrogens is 452 g/mol. The molecule has 0 saturated heterocycles. The Hall–Kier alpha value is -3.85. The number of hydrogen-bond donors (Lipinski definition) is 0. The zero-order valence-corrected chi connectivity index (χ0v) is 20.0. The molecule has 0 saturated carbocycles. The highest BCUT2D eigenvalue weighted by Gasteiger charge is 2.27. The number of ether oxygens (including phenoxy) is 1. The second-order valence-corrected chi connectivity index (χ2v) is 8.70. The quantitative estimate of drug-likeness (QED) is 0.482. The molecule has 1 aromatic heterocycles. The van der Waals surface area contributed by atoms with E-state index >= 15 is 0 Å². The van der Waals surface area contributed by atoms with Crippen molar-refractivity contribution in [2.45, 2.75) is 40.2 Å². The first-order valence-corrected chi connectivity index (χ1v) is 11.7. The van der Waals surface area contributed by atoms with E-state index in [1.807, 2.05) is 38.1 Å². The highest BCUT2D eigenvalue weighted by atomic mass is 32.1. The summed E-state index contributed by atoms with van der Waals surface area (Å²) in [5.74, 6) is -0.933. The zero-order chi connectivity index (χ0) is 24.2. The minimum atomic E-state index is -0.596. The molecule has 0 fully saturated rings. The fourth-order valence-electron chi connectivity index (χ4n) is 3.54. The van der Waals surface area contributed by atoms with Gasteiger partial charge in [-0.15, -0.1) is 11.3 Å². The Balaban J connectivity index is 1.47. The fourth-order valence-corrected chi connectivity index (χ4v) is 4.41. The Bertz CT molecular complexity index is 1270. The Labute approximate surface area is 201 Å². The molecule has 0 unspecified atom stereocenters. The number of anilines is 3. The highest BCUT2D eigenvalue weighted by Crippen LogP contribution is 2.32. The molecule has 0 spiro atoms. The van der Waals surface area contributed by atoms with E-state index in [9.17, 15) is 14.4 Å². The van der Waals surface area contributed by atoms with Gasteiger partial charge in [-0.1, -0.05) is 30.3 Å². The summed E-state index contributed by atoms with van der Waals surface area (Å²) in [5.41, 5.74) is 4.14. The van der Waals surface area contributed by atoms with Crippen molar-refractivity contribution in [2.24, 2.45) is 5.10 Å². The summed E-state index contributed by atoms with van der Waals surface area (Å²) in [7, 11) is 0. The van der Waals surface area contributed by atoms with E-state index in [2.05, 4.69) is 10.1 Å². The van der Waals surface area contributed by atoms with Gasteiger partial charge < -0.3 is 4.74 Å². The number of nitrogens with zero attached hydrogens (tertiary/aromatic N) is 4. The first kappa shape index (κ1) is 23.3. The number of rotatable bonds is 6. The number of amides is 2. The number of carbonyl (C=O) groups is 3. The number of benzene rings is 2. The first-order chi connectivity index (χ1) is 16.3. The van der Waals surface area contributed by atoms with Crippen LogP contribution in [0.3, 0.4) is 0 Å². The van der Waals surface area contributed by atoms with Crippen LogP contribution in [-0.4, -0.2) is 28.5 Å². The predicted molar refractivity (Wildman–Crippen MR) is 131 cm³/mol. The lowest BCUT2D eigenvalue weighted by atomic mass is 10.1. The molecule has 0 N–H and O–H groups in total. The summed E-state index contributed by atoms with van der Waals surface area (Å²) >= 11 is 1.30. The van der Waals surface area contributed by atoms with Gasteiger partial charge in [-0.25, -0.2) is 14.8 Å². The number of thiazole rings is 1. The molecule has 2 aromatic carbocycles. The number of aromatic nitrogens is 1. The van der Waals surface area contributed by atoms with E-state index in [4.69, 9.17) is 4.74 Å². The van der Waals surface area contributed by atoms with Gasteiger partial charge in [-0.2, -0.15) is 5.10 Å². The molecular formula is C25H24N4O4S. The fraction of sp³-hybridized carbons (Fsp3) is 0.240. The van der Waals surface area contributed by atoms with Crippen LogP contribution in [-0.2, 0) is 25.7 Å². The number of carbonyl (C=O) groups excluding carboxylic acids is 3. The zero-order valence-electron chi connectivity index (χ0n) is 19.1. The van der Waals surface area contributed by atoms with Crippen LogP contribution in [0.1, 0.15) is 36.6 Å². The normalized spacial score (nSPS) is 13.4. The second-order valence-electron chi connectivity index (χ2n) is 7.86. The van der Waals surface area contributed by atoms with E-state index in [1.54, 1.807) is 34.5 Å². The smallest absolute Gasteiger partial charge is 0.354 e. The Morgan fingerprint density at radius 2 is 1.85 bits per heavy atom. The number of hydrogen-bond acceptors (Lipinski definition) is 7. The highest BCUT2D eigenvalue weighted by molar-refractivity contribution is 7.14. The molecule has 1 aliphatic rings. The third-order valence-electron chi connectivity index (χ3n) is 5.48. The third-order valence-corrected chi connectivity index (χ3v) is 6.36. The van der Waals surface area contributed by atoms with Crippen molar-refractivity contribution in [3.8, 4) is 0 Å². The average molecular weight is 477 g/mol. The first-order valence-electron chi connectivity index (χ1n) is 10.8. The Morgan fingerprint density at radius 3 is 2.59 bits per heavy atom. The van der Waals surface area contributed by atoms with Crippen LogP contribution in [0.4, 0.5) is 16.5 Å². The molecule has 34 heavy (non-hydrogen) atoms. The van der Waals surface area contributed by atoms with Gasteiger partial charge in [0.2, 0.25) is 11.8 Å². The van der Waals surface area contributed by atoms with Crippen LogP contribution in [0, 0.1) is 13.8 Å². The van der Waals surface area contributed by atoms with Crippen LogP contribution < -0.4 is 9.91 Å². The van der Waals surface area contributed by atoms with E-state index in [1.165, 1.54) is 23.3 Å². The molecule has 4 rings (SSSR count). The molecule has 2 amide bonds. The molecule has 8 nitrogen and oxygen atoms in total. The van der Waals surface area contributed by atoms with Crippen molar-refractivity contribution >= 4 is 51.3 Å². The lowest BCUT2D eigenvalue weighted by Gasteiger charge is -2.22. The Kier molecular flexibility index (Phi) is 6.83. The molecule has 0 atom stereocenters. The van der Waals surface area contributed by atoms with Crippen LogP contribution in [0.2, 0.25) is 0 Å². The molecule has 0 aliphatic carbocycles. The second kappa shape index (κ2) is 9.96. The molecule has 3 aromatic rings. The summed E-state index contributed by atoms with van der Waals surface area (Å²) in [5, 5.41) is 7.71. The average Bonchev–Trinajstić information content (AvgIpc) is 3.29. The molecule has 174 valence electrons. The topological polar surface area (TPSA) is 92.2 Å². The summed E-state index contributed by atoms with van der Waals surface area (Å²) in [6.07, 6.45) is 0.390. The Morgan fingerprint density at radius 1 is 1.09 bits per heavy atom. The van der Waals surface area contributed by atoms with Crippen molar-refractivity contribution in [2.75, 3.05) is 9.91 Å². The minimum absolute atomic E-state index is 0.0633. The van der Waals surface area contributed by atoms with E-state index in [0.29, 0.717) is 16.5 Å². The van der Waals surface area contributed by atoms with Gasteiger partial charge in [0.15, 0.2) is 5.13 Å². The maximum atomic E-state index is 12.6. The molecule has 1 aliphatic heterocycles. The van der Waals surface area contributed by atoms with Gasteiger partial charge >= 0.3 is 5.97 Å². The summed E-state index contributed by atoms with van der Waals surface area (Å²) in [6, 6.07) is 14.7. The van der Waals surface area contributed by atoms with Gasteiger partial charge in [-0.05, 0) is 43.2 Å². The van der Waals surface area contributed by atoms with Gasteiger partial charge in [0.25, 0.3) is 0 Å². The van der Waals surface area contributed by atoms with Crippen molar-refractivity contribution in [1.82, 2.24) is 4.98 Å². The van der Waals surface area contributed by atoms with Crippen LogP contribution >= 0.6 is 11.3 Å². The molecule has 2 heterocycles. The third kappa shape index (κ3) is 4.89. The maximum absolute atomic E-state index is 12.6. The van der Waals surface area contributed by atoms with Crippen molar-refractivity contribution < 1.29 is 19.1 Å². The van der Waals surface area contributed by atoms with E-state index < -0.39 is 5.97 Å². The van der Waals surface area contributed by atoms with Gasteiger partial charge in [0.1, 0.15) is 12.3 Å². The molecule has 0 bridgehead atoms. The molecule has 0 radical (unpaired) electrons. The summed E-state index contributed by atoms with van der Waals surface area (Å²) in [6.45, 7) is 5.38. The van der Waals surface area contributed by atoms with E-state index in [0.717, 1.165) is 16.8 Å². The van der Waals surface area contributed by atoms with E-state index in [-0.39, 0.29) is 37.0 Å². The largest absolute Gasteiger partial charge is 0.455 e. The monoisotopic (exact) mass is 476 g/mol. The van der Waals surface area contributed by atoms with Crippen molar-refractivity contribution in [3.63, 3.8) is 0 Å². The van der Waals surface area contributed by atoms with Crippen LogP contribution in [0.15, 0.2) is 59.0 Å². The minimum Gasteiger partial charge on any atom is -0.455 e. The van der Waals surface area contributed by atoms with Gasteiger partial charge in [-0.3, -0.25) is 14.5 Å². The number of aryl methyl sites for hydroxylation is 1. The SMILES string of the molecule is CC(=O)N(c1nc(COC(=O)C2=NN(c3ccccc3)C(=O)CC2)cs1)c1cccc(C)c1C. The predicted octanol–water partition coefficient (Wildman–Crippen LogP) is 4.67. The maximum Gasteiger partial charge on any atom is 0.354 e. The lowest BCUT2D eigenvalue weighted by molar-refractivity contribution is -0.137. The number of hydrazone groups is 1. The summed E-state index contributed by atoms with van der Waals surface area (Å²) < 4.78 is 5.42. The van der Waals surface area contributed by atoms with Crippen LogP contribution in [0.25, 0.3) is 0 Å². The van der Waals surface area contributed by atoms with Gasteiger partial charge in [0, 0.05) is 25.1 Å². The van der Waals surface area contributed by atoms with Gasteiger partial charge in [0.05, 0.1) is 17.1 Å². The number of esters is 1. The van der Waals surface area contributed by atoms with Crippen LogP contribution in [0.5, 0.6) is 0 Å². The summed E-state index contributed by atoms with van der Waals surface area (Å²) in [4.78, 5) is 43.4. The van der Waals surface area contributed by atoms with Crippen molar-refractivity contribution in [3.05, 3.63) is 70.7 Å². The molecule has 9 heteroatoms. The standard InChI is InChI=1S/C25H24N4O4S/c1-16-8-7-11-22(17(16)2)28(18(3)30)25-26-19(15-34-25)14-33-24(32)21-12-13-23(31)29(27-21)20-9-5-4-6-10-20/h4-11,15H,12-14H2,1-3H3.